The Bertz CT molecular complexity index is 622. The molecule has 138 valence electrons. The van der Waals surface area contributed by atoms with E-state index in [1.165, 1.54) is 0 Å². The van der Waals surface area contributed by atoms with Gasteiger partial charge in [0.25, 0.3) is 5.91 Å². The monoisotopic (exact) mass is 348 g/mol. The number of hydrogen-bond acceptors (Lipinski definition) is 4. The quantitative estimate of drug-likeness (QED) is 0.888. The van der Waals surface area contributed by atoms with Gasteiger partial charge in [-0.05, 0) is 57.2 Å². The summed E-state index contributed by atoms with van der Waals surface area (Å²) in [5.74, 6) is 0.780. The number of nitrogens with zero attached hydrogens (tertiary/aromatic N) is 1. The molecular formula is C19H28N2O4. The molecule has 25 heavy (non-hydrogen) atoms. The summed E-state index contributed by atoms with van der Waals surface area (Å²) in [4.78, 5) is 25.6. The van der Waals surface area contributed by atoms with Gasteiger partial charge in [0.2, 0.25) is 0 Å². The zero-order chi connectivity index (χ0) is 18.4. The number of amides is 2. The molecule has 6 heteroatoms. The molecule has 0 spiro atoms. The molecule has 0 aliphatic carbocycles. The summed E-state index contributed by atoms with van der Waals surface area (Å²) in [6, 6.07) is 4.13. The second-order valence-corrected chi connectivity index (χ2v) is 6.46. The van der Waals surface area contributed by atoms with E-state index in [4.69, 9.17) is 9.47 Å². The first-order valence-corrected chi connectivity index (χ1v) is 8.83. The minimum Gasteiger partial charge on any atom is -0.483 e. The molecule has 1 aromatic rings. The van der Waals surface area contributed by atoms with Gasteiger partial charge in [-0.2, -0.15) is 0 Å². The maximum atomic E-state index is 12.4. The van der Waals surface area contributed by atoms with E-state index in [2.05, 4.69) is 11.4 Å². The lowest BCUT2D eigenvalue weighted by atomic mass is 10.0. The lowest BCUT2D eigenvalue weighted by molar-refractivity contribution is -0.134. The van der Waals surface area contributed by atoms with Crippen LogP contribution in [0, 0.1) is 20.8 Å². The van der Waals surface area contributed by atoms with E-state index < -0.39 is 0 Å². The maximum Gasteiger partial charge on any atom is 0.407 e. The van der Waals surface area contributed by atoms with Crippen LogP contribution in [0.15, 0.2) is 12.1 Å². The number of benzene rings is 1. The van der Waals surface area contributed by atoms with Crippen molar-refractivity contribution in [2.24, 2.45) is 0 Å². The Hall–Kier alpha value is -2.24. The Labute approximate surface area is 149 Å². The van der Waals surface area contributed by atoms with Crippen molar-refractivity contribution >= 4 is 12.0 Å². The van der Waals surface area contributed by atoms with Crippen molar-refractivity contribution in [3.05, 3.63) is 28.8 Å². The number of rotatable bonds is 5. The highest BCUT2D eigenvalue weighted by atomic mass is 16.5. The SMILES string of the molecule is CCOC(=O)NC1CCN(C(=O)COc2c(C)ccc(C)c2C)CC1. The molecule has 0 atom stereocenters. The number of ether oxygens (including phenoxy) is 2. The molecule has 2 rings (SSSR count). The number of hydrogen-bond donors (Lipinski definition) is 1. The molecule has 1 aromatic carbocycles. The van der Waals surface area contributed by atoms with Crippen LogP contribution in [-0.2, 0) is 9.53 Å². The summed E-state index contributed by atoms with van der Waals surface area (Å²) in [7, 11) is 0. The zero-order valence-corrected chi connectivity index (χ0v) is 15.6. The second kappa shape index (κ2) is 8.74. The van der Waals surface area contributed by atoms with Crippen LogP contribution in [0.3, 0.4) is 0 Å². The Morgan fingerprint density at radius 1 is 1.16 bits per heavy atom. The van der Waals surface area contributed by atoms with Gasteiger partial charge < -0.3 is 19.7 Å². The number of nitrogens with one attached hydrogen (secondary N) is 1. The Balaban J connectivity index is 1.82. The van der Waals surface area contributed by atoms with Crippen LogP contribution in [0.2, 0.25) is 0 Å². The summed E-state index contributed by atoms with van der Waals surface area (Å²) < 4.78 is 10.7. The Kier molecular flexibility index (Phi) is 6.67. The molecule has 1 N–H and O–H groups in total. The highest BCUT2D eigenvalue weighted by Crippen LogP contribution is 2.25. The van der Waals surface area contributed by atoms with Crippen LogP contribution in [0.1, 0.15) is 36.5 Å². The van der Waals surface area contributed by atoms with E-state index >= 15 is 0 Å². The number of carbonyl (C=O) groups excluding carboxylic acids is 2. The van der Waals surface area contributed by atoms with Crippen molar-refractivity contribution < 1.29 is 19.1 Å². The molecule has 0 bridgehead atoms. The summed E-state index contributed by atoms with van der Waals surface area (Å²) in [5.41, 5.74) is 3.26. The zero-order valence-electron chi connectivity index (χ0n) is 15.6. The molecule has 0 aromatic heterocycles. The molecule has 1 saturated heterocycles. The Morgan fingerprint density at radius 3 is 2.44 bits per heavy atom. The minimum absolute atomic E-state index is 0.0186. The van der Waals surface area contributed by atoms with Crippen molar-refractivity contribution in [2.75, 3.05) is 26.3 Å². The van der Waals surface area contributed by atoms with Crippen molar-refractivity contribution in [3.8, 4) is 5.75 Å². The van der Waals surface area contributed by atoms with Crippen LogP contribution in [0.5, 0.6) is 5.75 Å². The average molecular weight is 348 g/mol. The molecule has 0 radical (unpaired) electrons. The highest BCUT2D eigenvalue weighted by Gasteiger charge is 2.24. The second-order valence-electron chi connectivity index (χ2n) is 6.46. The third-order valence-corrected chi connectivity index (χ3v) is 4.66. The van der Waals surface area contributed by atoms with Gasteiger partial charge in [0.15, 0.2) is 6.61 Å². The fourth-order valence-electron chi connectivity index (χ4n) is 2.99. The van der Waals surface area contributed by atoms with E-state index in [1.807, 2.05) is 26.8 Å². The number of piperidine rings is 1. The smallest absolute Gasteiger partial charge is 0.407 e. The third kappa shape index (κ3) is 5.11. The van der Waals surface area contributed by atoms with Gasteiger partial charge in [0.05, 0.1) is 6.61 Å². The molecule has 2 amide bonds. The average Bonchev–Trinajstić information content (AvgIpc) is 2.59. The van der Waals surface area contributed by atoms with E-state index in [-0.39, 0.29) is 24.6 Å². The van der Waals surface area contributed by atoms with Gasteiger partial charge >= 0.3 is 6.09 Å². The van der Waals surface area contributed by atoms with E-state index in [0.29, 0.717) is 19.7 Å². The van der Waals surface area contributed by atoms with Gasteiger partial charge in [0.1, 0.15) is 5.75 Å². The maximum absolute atomic E-state index is 12.4. The third-order valence-electron chi connectivity index (χ3n) is 4.66. The molecule has 6 nitrogen and oxygen atoms in total. The summed E-state index contributed by atoms with van der Waals surface area (Å²) >= 11 is 0. The highest BCUT2D eigenvalue weighted by molar-refractivity contribution is 5.78. The topological polar surface area (TPSA) is 67.9 Å². The van der Waals surface area contributed by atoms with Crippen molar-refractivity contribution in [1.82, 2.24) is 10.2 Å². The lowest BCUT2D eigenvalue weighted by Gasteiger charge is -2.32. The molecule has 1 fully saturated rings. The largest absolute Gasteiger partial charge is 0.483 e. The van der Waals surface area contributed by atoms with E-state index in [9.17, 15) is 9.59 Å². The lowest BCUT2D eigenvalue weighted by Crippen LogP contribution is -2.47. The van der Waals surface area contributed by atoms with Gasteiger partial charge in [0, 0.05) is 19.1 Å². The first kappa shape index (κ1) is 19.1. The predicted octanol–water partition coefficient (Wildman–Crippen LogP) is 2.73. The molecule has 1 heterocycles. The molecule has 0 saturated carbocycles. The van der Waals surface area contributed by atoms with Gasteiger partial charge in [-0.25, -0.2) is 4.79 Å². The number of carbonyl (C=O) groups is 2. The normalized spacial score (nSPS) is 15.0. The molecule has 0 unspecified atom stereocenters. The Morgan fingerprint density at radius 2 is 1.80 bits per heavy atom. The van der Waals surface area contributed by atoms with Gasteiger partial charge in [-0.1, -0.05) is 12.1 Å². The number of aryl methyl sites for hydroxylation is 2. The van der Waals surface area contributed by atoms with Crippen LogP contribution in [-0.4, -0.2) is 49.2 Å². The van der Waals surface area contributed by atoms with E-state index in [0.717, 1.165) is 35.3 Å². The van der Waals surface area contributed by atoms with Crippen LogP contribution < -0.4 is 10.1 Å². The summed E-state index contributed by atoms with van der Waals surface area (Å²) in [6.07, 6.45) is 1.07. The van der Waals surface area contributed by atoms with Gasteiger partial charge in [-0.3, -0.25) is 4.79 Å². The summed E-state index contributed by atoms with van der Waals surface area (Å²) in [6.45, 7) is 9.44. The number of alkyl carbamates (subject to hydrolysis) is 1. The van der Waals surface area contributed by atoms with E-state index in [1.54, 1.807) is 11.8 Å². The first-order chi connectivity index (χ1) is 11.9. The van der Waals surface area contributed by atoms with Crippen molar-refractivity contribution in [2.45, 2.75) is 46.6 Å². The molecule has 1 aliphatic heterocycles. The predicted molar refractivity (Wildman–Crippen MR) is 95.9 cm³/mol. The van der Waals surface area contributed by atoms with Crippen molar-refractivity contribution in [3.63, 3.8) is 0 Å². The van der Waals surface area contributed by atoms with Crippen LogP contribution in [0.4, 0.5) is 4.79 Å². The minimum atomic E-state index is -0.388. The van der Waals surface area contributed by atoms with Crippen LogP contribution in [0.25, 0.3) is 0 Å². The fourth-order valence-corrected chi connectivity index (χ4v) is 2.99. The van der Waals surface area contributed by atoms with Gasteiger partial charge in [-0.15, -0.1) is 0 Å². The summed E-state index contributed by atoms with van der Waals surface area (Å²) in [5, 5.41) is 2.83. The number of likely N-dealkylation sites (tertiary alicyclic amines) is 1. The fraction of sp³-hybridized carbons (Fsp3) is 0.579. The molecule has 1 aliphatic rings. The van der Waals surface area contributed by atoms with Crippen molar-refractivity contribution in [1.29, 1.82) is 0 Å². The molecular weight excluding hydrogens is 320 g/mol. The van der Waals surface area contributed by atoms with Crippen LogP contribution >= 0.6 is 0 Å². The standard InChI is InChI=1S/C19H28N2O4/c1-5-24-19(23)20-16-8-10-21(11-9-16)17(22)12-25-18-14(3)7-6-13(2)15(18)4/h6-7,16H,5,8-12H2,1-4H3,(H,20,23). The first-order valence-electron chi connectivity index (χ1n) is 8.83.